The number of carbonyl (C=O) groups excluding carboxylic acids is 2. The van der Waals surface area contributed by atoms with Crippen LogP contribution < -0.4 is 10.2 Å². The summed E-state index contributed by atoms with van der Waals surface area (Å²) in [7, 11) is 2.04. The maximum absolute atomic E-state index is 13.0. The minimum Gasteiger partial charge on any atom is -0.350 e. The first-order valence-electron chi connectivity index (χ1n) is 11.3. The number of para-hydroxylation sites is 1. The molecule has 1 aromatic rings. The van der Waals surface area contributed by atoms with Crippen LogP contribution in [0.15, 0.2) is 36.0 Å². The molecule has 2 aliphatic rings. The average Bonchev–Trinajstić information content (AvgIpc) is 2.81. The molecule has 0 radical (unpaired) electrons. The van der Waals surface area contributed by atoms with Crippen molar-refractivity contribution in [2.45, 2.75) is 52.0 Å². The van der Waals surface area contributed by atoms with E-state index in [1.165, 1.54) is 11.3 Å². The molecule has 0 unspecified atom stereocenters. The molecule has 0 bridgehead atoms. The normalized spacial score (nSPS) is 21.1. The van der Waals surface area contributed by atoms with Crippen LogP contribution in [0, 0.1) is 0 Å². The van der Waals surface area contributed by atoms with Crippen LogP contribution in [0.4, 0.5) is 5.69 Å². The summed E-state index contributed by atoms with van der Waals surface area (Å²) in [6, 6.07) is 8.36. The average molecular weight is 427 g/mol. The predicted octanol–water partition coefficient (Wildman–Crippen LogP) is 2.79. The monoisotopic (exact) mass is 426 g/mol. The number of anilines is 1. The summed E-state index contributed by atoms with van der Waals surface area (Å²) in [4.78, 5) is 31.8. The lowest BCUT2D eigenvalue weighted by Crippen LogP contribution is -2.46. The first-order valence-corrected chi connectivity index (χ1v) is 11.3. The van der Waals surface area contributed by atoms with Crippen LogP contribution in [0.25, 0.3) is 0 Å². The zero-order valence-corrected chi connectivity index (χ0v) is 20.0. The zero-order chi connectivity index (χ0) is 22.8. The van der Waals surface area contributed by atoms with Gasteiger partial charge >= 0.3 is 0 Å². The molecule has 3 rings (SSSR count). The first-order chi connectivity index (χ1) is 14.5. The van der Waals surface area contributed by atoms with E-state index in [-0.39, 0.29) is 22.6 Å². The third-order valence-electron chi connectivity index (χ3n) is 6.18. The molecule has 1 amide bonds. The Balaban J connectivity index is 1.58. The fourth-order valence-corrected chi connectivity index (χ4v) is 4.68. The largest absolute Gasteiger partial charge is 0.350 e. The maximum Gasteiger partial charge on any atom is 0.234 e. The van der Waals surface area contributed by atoms with Gasteiger partial charge in [-0.2, -0.15) is 0 Å². The van der Waals surface area contributed by atoms with Crippen LogP contribution in [0.3, 0.4) is 0 Å². The quantitative estimate of drug-likeness (QED) is 0.734. The minimum absolute atomic E-state index is 0.0628. The number of benzene rings is 1. The number of allylic oxidation sites excluding steroid dienone is 1. The summed E-state index contributed by atoms with van der Waals surface area (Å²) in [6.45, 7) is 14.6. The maximum atomic E-state index is 13.0. The summed E-state index contributed by atoms with van der Waals surface area (Å²) in [6.07, 6.45) is 2.79. The van der Waals surface area contributed by atoms with Gasteiger partial charge in [0.05, 0.1) is 13.1 Å². The van der Waals surface area contributed by atoms with Gasteiger partial charge in [-0.25, -0.2) is 0 Å². The second kappa shape index (κ2) is 9.13. The lowest BCUT2D eigenvalue weighted by Gasteiger charge is -2.25. The lowest BCUT2D eigenvalue weighted by molar-refractivity contribution is -0.123. The Kier molecular flexibility index (Phi) is 6.92. The van der Waals surface area contributed by atoms with E-state index in [9.17, 15) is 9.59 Å². The molecule has 2 heterocycles. The second-order valence-electron chi connectivity index (χ2n) is 10.4. The molecule has 0 spiro atoms. The first kappa shape index (κ1) is 23.5. The summed E-state index contributed by atoms with van der Waals surface area (Å²) in [5, 5.41) is 3.03. The van der Waals surface area contributed by atoms with E-state index >= 15 is 0 Å². The van der Waals surface area contributed by atoms with Crippen molar-refractivity contribution in [1.29, 1.82) is 0 Å². The number of likely N-dealkylation sites (N-methyl/N-ethyl adjacent to an activating group) is 1. The molecule has 0 atom stereocenters. The Bertz CT molecular complexity index is 853. The van der Waals surface area contributed by atoms with Crippen molar-refractivity contribution < 1.29 is 9.59 Å². The number of fused-ring (bicyclic) bond motifs is 1. The second-order valence-corrected chi connectivity index (χ2v) is 10.4. The van der Waals surface area contributed by atoms with Gasteiger partial charge < -0.3 is 10.2 Å². The number of rotatable bonds is 5. The molecule has 2 aliphatic heterocycles. The molecular weight excluding hydrogens is 388 g/mol. The minimum atomic E-state index is -0.213. The van der Waals surface area contributed by atoms with Crippen LogP contribution in [-0.2, 0) is 15.0 Å². The van der Waals surface area contributed by atoms with Gasteiger partial charge in [0, 0.05) is 48.6 Å². The van der Waals surface area contributed by atoms with Gasteiger partial charge in [0.25, 0.3) is 0 Å². The molecule has 6 nitrogen and oxygen atoms in total. The molecule has 1 aromatic carbocycles. The zero-order valence-electron chi connectivity index (χ0n) is 20.0. The smallest absolute Gasteiger partial charge is 0.234 e. The van der Waals surface area contributed by atoms with Crippen LogP contribution in [-0.4, -0.2) is 73.3 Å². The van der Waals surface area contributed by atoms with Gasteiger partial charge in [-0.15, -0.1) is 0 Å². The molecule has 1 fully saturated rings. The highest BCUT2D eigenvalue weighted by Gasteiger charge is 2.38. The third kappa shape index (κ3) is 5.74. The number of hydrogen-bond donors (Lipinski definition) is 1. The molecule has 6 heteroatoms. The number of amides is 1. The van der Waals surface area contributed by atoms with Crippen LogP contribution in [0.5, 0.6) is 0 Å². The highest BCUT2D eigenvalue weighted by molar-refractivity contribution is 5.94. The van der Waals surface area contributed by atoms with Gasteiger partial charge in [0.15, 0.2) is 5.78 Å². The number of nitrogens with one attached hydrogen (secondary N) is 1. The summed E-state index contributed by atoms with van der Waals surface area (Å²) in [5.41, 5.74) is 3.09. The fraction of sp³-hybridized carbons (Fsp3) is 0.600. The van der Waals surface area contributed by atoms with E-state index in [4.69, 9.17) is 0 Å². The van der Waals surface area contributed by atoms with Crippen molar-refractivity contribution in [3.05, 3.63) is 41.6 Å². The van der Waals surface area contributed by atoms with Gasteiger partial charge in [-0.05, 0) is 51.9 Å². The number of hydrogen-bond acceptors (Lipinski definition) is 5. The topological polar surface area (TPSA) is 55.9 Å². The Morgan fingerprint density at radius 2 is 1.65 bits per heavy atom. The van der Waals surface area contributed by atoms with E-state index < -0.39 is 0 Å². The summed E-state index contributed by atoms with van der Waals surface area (Å²) in [5.74, 6) is 0.203. The Hall–Kier alpha value is -2.18. The third-order valence-corrected chi connectivity index (χ3v) is 6.18. The molecular formula is C25H38N4O2. The number of ketones is 1. The van der Waals surface area contributed by atoms with E-state index in [0.29, 0.717) is 13.1 Å². The van der Waals surface area contributed by atoms with Crippen molar-refractivity contribution in [3.8, 4) is 0 Å². The van der Waals surface area contributed by atoms with Crippen LogP contribution in [0.2, 0.25) is 0 Å². The predicted molar refractivity (Wildman–Crippen MR) is 126 cm³/mol. The molecule has 31 heavy (non-hydrogen) atoms. The fourth-order valence-electron chi connectivity index (χ4n) is 4.68. The molecule has 0 saturated carbocycles. The van der Waals surface area contributed by atoms with Crippen molar-refractivity contribution in [2.75, 3.05) is 51.2 Å². The van der Waals surface area contributed by atoms with E-state index in [1.807, 2.05) is 40.0 Å². The van der Waals surface area contributed by atoms with Crippen molar-refractivity contribution in [2.24, 2.45) is 0 Å². The SMILES string of the molecule is CN1/C(=C\C(=O)CN2CCCN(CC(=O)NC(C)(C)C)CC2)C(C)(C)c2ccccc21. The van der Waals surface area contributed by atoms with Gasteiger partial charge in [-0.3, -0.25) is 19.4 Å². The Morgan fingerprint density at radius 3 is 2.26 bits per heavy atom. The standard InChI is InChI=1S/C25H38N4O2/c1-24(2,3)26-23(31)18-29-13-9-12-28(14-15-29)17-19(30)16-22-25(4,5)20-10-7-8-11-21(20)27(22)6/h7-8,10-11,16H,9,12-15,17-18H2,1-6H3,(H,26,31)/b22-16-. The highest BCUT2D eigenvalue weighted by Crippen LogP contribution is 2.46. The molecule has 0 aliphatic carbocycles. The number of carbonyl (C=O) groups is 2. The number of nitrogens with zero attached hydrogens (tertiary/aromatic N) is 3. The Morgan fingerprint density at radius 1 is 1.03 bits per heavy atom. The van der Waals surface area contributed by atoms with E-state index in [1.54, 1.807) is 0 Å². The van der Waals surface area contributed by atoms with Gasteiger partial charge in [-0.1, -0.05) is 32.0 Å². The van der Waals surface area contributed by atoms with Crippen molar-refractivity contribution in [3.63, 3.8) is 0 Å². The molecule has 170 valence electrons. The van der Waals surface area contributed by atoms with Gasteiger partial charge in [0.2, 0.25) is 5.91 Å². The van der Waals surface area contributed by atoms with Crippen LogP contribution in [0.1, 0.15) is 46.6 Å². The van der Waals surface area contributed by atoms with E-state index in [0.717, 1.165) is 38.3 Å². The summed E-state index contributed by atoms with van der Waals surface area (Å²) < 4.78 is 0. The molecule has 1 saturated heterocycles. The van der Waals surface area contributed by atoms with Crippen molar-refractivity contribution >= 4 is 17.4 Å². The Labute approximate surface area is 187 Å². The van der Waals surface area contributed by atoms with Crippen LogP contribution >= 0.6 is 0 Å². The molecule has 0 aromatic heterocycles. The van der Waals surface area contributed by atoms with E-state index in [2.05, 4.69) is 52.1 Å². The molecule has 1 N–H and O–H groups in total. The van der Waals surface area contributed by atoms with Crippen molar-refractivity contribution in [1.82, 2.24) is 15.1 Å². The summed E-state index contributed by atoms with van der Waals surface area (Å²) >= 11 is 0. The highest BCUT2D eigenvalue weighted by atomic mass is 16.2. The van der Waals surface area contributed by atoms with Gasteiger partial charge in [0.1, 0.15) is 0 Å². The lowest BCUT2D eigenvalue weighted by atomic mass is 9.83.